The van der Waals surface area contributed by atoms with Crippen molar-refractivity contribution in [3.05, 3.63) is 83.8 Å². The van der Waals surface area contributed by atoms with Crippen molar-refractivity contribution < 1.29 is 23.4 Å². The fourth-order valence-corrected chi connectivity index (χ4v) is 5.71. The van der Waals surface area contributed by atoms with Crippen LogP contribution in [0.5, 0.6) is 17.2 Å². The molecule has 1 fully saturated rings. The summed E-state index contributed by atoms with van der Waals surface area (Å²) < 4.78 is 33.0. The van der Waals surface area contributed by atoms with Crippen LogP contribution in [0, 0.1) is 12.7 Å². The summed E-state index contributed by atoms with van der Waals surface area (Å²) in [6.45, 7) is 5.02. The molecule has 1 saturated heterocycles. The van der Waals surface area contributed by atoms with Crippen LogP contribution in [0.3, 0.4) is 0 Å². The van der Waals surface area contributed by atoms with Crippen LogP contribution in [-0.4, -0.2) is 70.9 Å². The lowest BCUT2D eigenvalue weighted by molar-refractivity contribution is -0.122. The number of aromatic nitrogens is 4. The van der Waals surface area contributed by atoms with E-state index in [2.05, 4.69) is 25.5 Å². The van der Waals surface area contributed by atoms with Crippen molar-refractivity contribution in [3.8, 4) is 23.2 Å². The summed E-state index contributed by atoms with van der Waals surface area (Å²) in [5.41, 5.74) is 1.66. The standard InChI is InChI=1S/C31H34FN7O4/c1-21-13-28(37-30(36-21)38-9-7-34-20-38)39-10-8-33-19-31(39,16-22-3-5-25(41-2)24(32)14-22)17-29(40)35-18-23-4-6-26-27(15-23)43-12-11-42-26/h3-7,9,13-15,20,33H,8,10-12,16-19H2,1-2H3,(H,35,40). The first-order valence-electron chi connectivity index (χ1n) is 14.2. The number of benzene rings is 2. The van der Waals surface area contributed by atoms with E-state index in [1.807, 2.05) is 37.3 Å². The van der Waals surface area contributed by atoms with Gasteiger partial charge in [0.25, 0.3) is 0 Å². The third-order valence-corrected chi connectivity index (χ3v) is 7.71. The lowest BCUT2D eigenvalue weighted by Gasteiger charge is -2.48. The van der Waals surface area contributed by atoms with Gasteiger partial charge in [-0.3, -0.25) is 9.36 Å². The van der Waals surface area contributed by atoms with Crippen molar-refractivity contribution in [1.29, 1.82) is 0 Å². The number of imidazole rings is 1. The Morgan fingerprint density at radius 1 is 1.12 bits per heavy atom. The molecule has 4 aromatic rings. The number of methoxy groups -OCH3 is 1. The largest absolute Gasteiger partial charge is 0.494 e. The number of carbonyl (C=O) groups is 1. The number of nitrogens with zero attached hydrogens (tertiary/aromatic N) is 5. The molecule has 2 aliphatic rings. The monoisotopic (exact) mass is 587 g/mol. The molecule has 2 aromatic heterocycles. The molecule has 0 saturated carbocycles. The molecule has 0 aliphatic carbocycles. The summed E-state index contributed by atoms with van der Waals surface area (Å²) in [4.78, 5) is 29.4. The molecular weight excluding hydrogens is 553 g/mol. The highest BCUT2D eigenvalue weighted by molar-refractivity contribution is 5.78. The Morgan fingerprint density at radius 3 is 2.74 bits per heavy atom. The first-order valence-corrected chi connectivity index (χ1v) is 14.2. The maximum Gasteiger partial charge on any atom is 0.237 e. The van der Waals surface area contributed by atoms with Gasteiger partial charge in [-0.25, -0.2) is 14.4 Å². The number of hydrogen-bond donors (Lipinski definition) is 2. The van der Waals surface area contributed by atoms with Crippen LogP contribution in [0.1, 0.15) is 23.2 Å². The van der Waals surface area contributed by atoms with Crippen molar-refractivity contribution in [2.75, 3.05) is 44.9 Å². The predicted octanol–water partition coefficient (Wildman–Crippen LogP) is 2.99. The average molecular weight is 588 g/mol. The van der Waals surface area contributed by atoms with Crippen LogP contribution in [0.4, 0.5) is 10.2 Å². The Kier molecular flexibility index (Phi) is 8.10. The van der Waals surface area contributed by atoms with Gasteiger partial charge in [0.05, 0.1) is 19.1 Å². The topological polar surface area (TPSA) is 116 Å². The molecule has 0 spiro atoms. The van der Waals surface area contributed by atoms with E-state index in [1.54, 1.807) is 29.4 Å². The van der Waals surface area contributed by atoms with Crippen molar-refractivity contribution in [2.24, 2.45) is 0 Å². The molecular formula is C31H34FN7O4. The van der Waals surface area contributed by atoms with E-state index >= 15 is 0 Å². The molecule has 1 amide bonds. The van der Waals surface area contributed by atoms with Crippen LogP contribution >= 0.6 is 0 Å². The molecule has 11 nitrogen and oxygen atoms in total. The summed E-state index contributed by atoms with van der Waals surface area (Å²) in [5.74, 6) is 2.12. The van der Waals surface area contributed by atoms with E-state index in [4.69, 9.17) is 19.2 Å². The van der Waals surface area contributed by atoms with Gasteiger partial charge in [-0.2, -0.15) is 4.98 Å². The van der Waals surface area contributed by atoms with E-state index in [1.165, 1.54) is 13.2 Å². The van der Waals surface area contributed by atoms with Gasteiger partial charge in [-0.05, 0) is 48.7 Å². The van der Waals surface area contributed by atoms with Crippen molar-refractivity contribution in [3.63, 3.8) is 0 Å². The lowest BCUT2D eigenvalue weighted by atomic mass is 9.83. The average Bonchev–Trinajstić information content (AvgIpc) is 3.55. The number of ether oxygens (including phenoxy) is 3. The number of carbonyl (C=O) groups excluding carboxylic acids is 1. The molecule has 2 N–H and O–H groups in total. The van der Waals surface area contributed by atoms with Gasteiger partial charge in [0, 0.05) is 50.3 Å². The highest BCUT2D eigenvalue weighted by Gasteiger charge is 2.42. The van der Waals surface area contributed by atoms with E-state index in [-0.39, 0.29) is 18.1 Å². The van der Waals surface area contributed by atoms with Crippen LogP contribution in [-0.2, 0) is 17.8 Å². The number of aryl methyl sites for hydroxylation is 1. The SMILES string of the molecule is COc1ccc(CC2(CC(=O)NCc3ccc4c(c3)OCCO4)CNCCN2c2cc(C)nc(-n3ccnc3)n2)cc1F. The zero-order valence-electron chi connectivity index (χ0n) is 24.2. The molecule has 1 atom stereocenters. The smallest absolute Gasteiger partial charge is 0.237 e. The Bertz CT molecular complexity index is 1600. The first-order chi connectivity index (χ1) is 20.9. The quantitative estimate of drug-likeness (QED) is 0.305. The van der Waals surface area contributed by atoms with Crippen molar-refractivity contribution in [1.82, 2.24) is 30.2 Å². The summed E-state index contributed by atoms with van der Waals surface area (Å²) in [6.07, 6.45) is 5.64. The summed E-state index contributed by atoms with van der Waals surface area (Å²) in [6, 6.07) is 12.5. The molecule has 2 aliphatic heterocycles. The second-order valence-corrected chi connectivity index (χ2v) is 10.8. The number of anilines is 1. The Morgan fingerprint density at radius 2 is 1.95 bits per heavy atom. The van der Waals surface area contributed by atoms with Crippen LogP contribution in [0.15, 0.2) is 61.2 Å². The number of hydrogen-bond acceptors (Lipinski definition) is 9. The van der Waals surface area contributed by atoms with Crippen LogP contribution < -0.4 is 29.7 Å². The zero-order chi connectivity index (χ0) is 29.8. The number of fused-ring (bicyclic) bond motifs is 1. The van der Waals surface area contributed by atoms with Crippen molar-refractivity contribution >= 4 is 11.7 Å². The van der Waals surface area contributed by atoms with Crippen molar-refractivity contribution in [2.45, 2.75) is 31.8 Å². The van der Waals surface area contributed by atoms with E-state index in [0.717, 1.165) is 16.8 Å². The summed E-state index contributed by atoms with van der Waals surface area (Å²) in [7, 11) is 1.44. The minimum absolute atomic E-state index is 0.141. The molecule has 6 rings (SSSR count). The maximum atomic E-state index is 14.8. The normalized spacial score (nSPS) is 17.9. The molecule has 12 heteroatoms. The third kappa shape index (κ3) is 6.24. The van der Waals surface area contributed by atoms with Gasteiger partial charge in [0.1, 0.15) is 25.4 Å². The maximum absolute atomic E-state index is 14.8. The van der Waals surface area contributed by atoms with Gasteiger partial charge >= 0.3 is 0 Å². The molecule has 0 radical (unpaired) electrons. The molecule has 0 bridgehead atoms. The van der Waals surface area contributed by atoms with Gasteiger partial charge < -0.3 is 29.7 Å². The summed E-state index contributed by atoms with van der Waals surface area (Å²) >= 11 is 0. The second-order valence-electron chi connectivity index (χ2n) is 10.8. The first kappa shape index (κ1) is 28.4. The predicted molar refractivity (Wildman–Crippen MR) is 157 cm³/mol. The van der Waals surface area contributed by atoms with E-state index in [0.29, 0.717) is 69.1 Å². The number of halogens is 1. The molecule has 1 unspecified atom stereocenters. The number of piperazine rings is 1. The van der Waals surface area contributed by atoms with Crippen LogP contribution in [0.25, 0.3) is 5.95 Å². The molecule has 224 valence electrons. The van der Waals surface area contributed by atoms with Gasteiger partial charge in [0.2, 0.25) is 11.9 Å². The fraction of sp³-hybridized carbons (Fsp3) is 0.355. The number of amides is 1. The van der Waals surface area contributed by atoms with Gasteiger partial charge in [-0.1, -0.05) is 12.1 Å². The fourth-order valence-electron chi connectivity index (χ4n) is 5.71. The highest BCUT2D eigenvalue weighted by atomic mass is 19.1. The minimum Gasteiger partial charge on any atom is -0.494 e. The minimum atomic E-state index is -0.761. The zero-order valence-corrected chi connectivity index (χ0v) is 24.2. The summed E-state index contributed by atoms with van der Waals surface area (Å²) in [5, 5.41) is 6.56. The lowest BCUT2D eigenvalue weighted by Crippen LogP contribution is -2.64. The van der Waals surface area contributed by atoms with Gasteiger partial charge in [-0.15, -0.1) is 0 Å². The van der Waals surface area contributed by atoms with Gasteiger partial charge in [0.15, 0.2) is 23.1 Å². The van der Waals surface area contributed by atoms with E-state index in [9.17, 15) is 9.18 Å². The Balaban J connectivity index is 1.31. The van der Waals surface area contributed by atoms with Crippen LogP contribution in [0.2, 0.25) is 0 Å². The molecule has 4 heterocycles. The third-order valence-electron chi connectivity index (χ3n) is 7.71. The number of rotatable bonds is 9. The van der Waals surface area contributed by atoms with E-state index < -0.39 is 11.4 Å². The number of nitrogens with one attached hydrogen (secondary N) is 2. The molecule has 2 aromatic carbocycles. The second kappa shape index (κ2) is 12.3. The highest BCUT2D eigenvalue weighted by Crippen LogP contribution is 2.34. The Hall–Kier alpha value is -4.71. The Labute approximate surface area is 249 Å². The molecule has 43 heavy (non-hydrogen) atoms.